The van der Waals surface area contributed by atoms with Crippen LogP contribution in [-0.4, -0.2) is 18.0 Å². The highest BCUT2D eigenvalue weighted by molar-refractivity contribution is 7.10. The molecule has 0 fully saturated rings. The molecule has 1 aromatic carbocycles. The predicted octanol–water partition coefficient (Wildman–Crippen LogP) is 3.79. The van der Waals surface area contributed by atoms with E-state index in [0.29, 0.717) is 0 Å². The number of carbonyl (C=O) groups excluding carboxylic acids is 1. The minimum absolute atomic E-state index is 0.0339. The van der Waals surface area contributed by atoms with Crippen LogP contribution in [-0.2, 0) is 4.79 Å². The van der Waals surface area contributed by atoms with E-state index in [4.69, 9.17) is 0 Å². The topological polar surface area (TPSA) is 64.9 Å². The van der Waals surface area contributed by atoms with E-state index in [1.165, 1.54) is 5.56 Å². The summed E-state index contributed by atoms with van der Waals surface area (Å²) in [5.74, 6) is -0.141. The lowest BCUT2D eigenvalue weighted by Crippen LogP contribution is -2.51. The zero-order valence-electron chi connectivity index (χ0n) is 15.2. The van der Waals surface area contributed by atoms with Crippen LogP contribution in [0.15, 0.2) is 41.8 Å². The van der Waals surface area contributed by atoms with Crippen molar-refractivity contribution >= 4 is 17.2 Å². The SMILES string of the molecule is Cc1ccc([C@H](NCC(=O)N[C@@](C)(C#N)C(C)C)c2cccs2)cc1. The first-order valence-corrected chi connectivity index (χ1v) is 9.29. The third kappa shape index (κ3) is 4.91. The molecule has 0 aliphatic rings. The van der Waals surface area contributed by atoms with Gasteiger partial charge in [-0.25, -0.2) is 0 Å². The molecule has 0 aliphatic heterocycles. The summed E-state index contributed by atoms with van der Waals surface area (Å²) in [6.07, 6.45) is 0. The Balaban J connectivity index is 2.10. The maximum absolute atomic E-state index is 12.4. The average Bonchev–Trinajstić information content (AvgIpc) is 3.10. The fraction of sp³-hybridized carbons (Fsp3) is 0.400. The lowest BCUT2D eigenvalue weighted by Gasteiger charge is -2.28. The van der Waals surface area contributed by atoms with Gasteiger partial charge in [-0.1, -0.05) is 49.7 Å². The van der Waals surface area contributed by atoms with Crippen molar-refractivity contribution in [1.29, 1.82) is 5.26 Å². The van der Waals surface area contributed by atoms with E-state index in [1.54, 1.807) is 18.3 Å². The van der Waals surface area contributed by atoms with E-state index in [2.05, 4.69) is 54.0 Å². The fourth-order valence-electron chi connectivity index (χ4n) is 2.43. The standard InChI is InChI=1S/C20H25N3OS/c1-14(2)20(4,13-21)23-18(24)12-22-19(17-6-5-11-25-17)16-9-7-15(3)8-10-16/h5-11,14,19,22H,12H2,1-4H3,(H,23,24)/t19-,20-/m0/s1. The Morgan fingerprint density at radius 1 is 1.28 bits per heavy atom. The van der Waals surface area contributed by atoms with Crippen molar-refractivity contribution in [3.8, 4) is 6.07 Å². The van der Waals surface area contributed by atoms with Gasteiger partial charge in [0.1, 0.15) is 5.54 Å². The van der Waals surface area contributed by atoms with E-state index in [9.17, 15) is 10.1 Å². The molecule has 0 saturated heterocycles. The summed E-state index contributed by atoms with van der Waals surface area (Å²) in [6.45, 7) is 7.82. The first kappa shape index (κ1) is 19.2. The van der Waals surface area contributed by atoms with Gasteiger partial charge in [-0.2, -0.15) is 5.26 Å². The summed E-state index contributed by atoms with van der Waals surface area (Å²) in [7, 11) is 0. The smallest absolute Gasteiger partial charge is 0.235 e. The predicted molar refractivity (Wildman–Crippen MR) is 102 cm³/mol. The van der Waals surface area contributed by atoms with Gasteiger partial charge in [0.2, 0.25) is 5.91 Å². The summed E-state index contributed by atoms with van der Waals surface area (Å²) < 4.78 is 0. The zero-order valence-corrected chi connectivity index (χ0v) is 16.0. The monoisotopic (exact) mass is 355 g/mol. The minimum Gasteiger partial charge on any atom is -0.337 e. The van der Waals surface area contributed by atoms with Crippen molar-refractivity contribution in [3.63, 3.8) is 0 Å². The molecule has 5 heteroatoms. The molecular weight excluding hydrogens is 330 g/mol. The highest BCUT2D eigenvalue weighted by Gasteiger charge is 2.30. The molecular formula is C20H25N3OS. The third-order valence-electron chi connectivity index (χ3n) is 4.49. The van der Waals surface area contributed by atoms with E-state index in [0.717, 1.165) is 10.4 Å². The van der Waals surface area contributed by atoms with Crippen LogP contribution in [0, 0.1) is 24.2 Å². The number of amides is 1. The summed E-state index contributed by atoms with van der Waals surface area (Å²) in [5.41, 5.74) is 1.46. The summed E-state index contributed by atoms with van der Waals surface area (Å²) >= 11 is 1.66. The van der Waals surface area contributed by atoms with E-state index in [1.807, 2.05) is 25.3 Å². The number of hydrogen-bond donors (Lipinski definition) is 2. The molecule has 132 valence electrons. The van der Waals surface area contributed by atoms with Gasteiger partial charge in [-0.05, 0) is 36.8 Å². The quantitative estimate of drug-likeness (QED) is 0.794. The second-order valence-electron chi connectivity index (χ2n) is 6.76. The van der Waals surface area contributed by atoms with Crippen LogP contribution >= 0.6 is 11.3 Å². The maximum atomic E-state index is 12.4. The van der Waals surface area contributed by atoms with Crippen molar-refractivity contribution in [2.75, 3.05) is 6.54 Å². The van der Waals surface area contributed by atoms with Crippen LogP contribution < -0.4 is 10.6 Å². The molecule has 1 aromatic heterocycles. The normalized spacial score (nSPS) is 14.6. The zero-order chi connectivity index (χ0) is 18.4. The summed E-state index contributed by atoms with van der Waals surface area (Å²) in [5, 5.41) is 17.6. The molecule has 2 N–H and O–H groups in total. The number of thiophene rings is 1. The van der Waals surface area contributed by atoms with E-state index < -0.39 is 5.54 Å². The van der Waals surface area contributed by atoms with Gasteiger partial charge in [0.05, 0.1) is 18.7 Å². The van der Waals surface area contributed by atoms with Crippen LogP contribution in [0.25, 0.3) is 0 Å². The first-order valence-electron chi connectivity index (χ1n) is 8.41. The van der Waals surface area contributed by atoms with Gasteiger partial charge in [-0.15, -0.1) is 11.3 Å². The van der Waals surface area contributed by atoms with Crippen LogP contribution in [0.4, 0.5) is 0 Å². The first-order chi connectivity index (χ1) is 11.9. The Labute approximate surface area is 153 Å². The number of aryl methyl sites for hydroxylation is 1. The molecule has 2 rings (SSSR count). The minimum atomic E-state index is -0.860. The third-order valence-corrected chi connectivity index (χ3v) is 5.43. The molecule has 0 bridgehead atoms. The number of nitrogens with zero attached hydrogens (tertiary/aromatic N) is 1. The Hall–Kier alpha value is -2.16. The van der Waals surface area contributed by atoms with Crippen molar-refractivity contribution in [2.24, 2.45) is 5.92 Å². The molecule has 0 spiro atoms. The Morgan fingerprint density at radius 3 is 2.48 bits per heavy atom. The van der Waals surface area contributed by atoms with Gasteiger partial charge in [0.15, 0.2) is 0 Å². The highest BCUT2D eigenvalue weighted by Crippen LogP contribution is 2.26. The lowest BCUT2D eigenvalue weighted by molar-refractivity contribution is -0.121. The number of carbonyl (C=O) groups is 1. The van der Waals surface area contributed by atoms with Crippen LogP contribution in [0.5, 0.6) is 0 Å². The Morgan fingerprint density at radius 2 is 1.96 bits per heavy atom. The Kier molecular flexibility index (Phi) is 6.35. The van der Waals surface area contributed by atoms with Crippen LogP contribution in [0.1, 0.15) is 42.8 Å². The van der Waals surface area contributed by atoms with E-state index in [-0.39, 0.29) is 24.4 Å². The molecule has 0 aliphatic carbocycles. The average molecular weight is 356 g/mol. The van der Waals surface area contributed by atoms with Crippen molar-refractivity contribution in [2.45, 2.75) is 39.3 Å². The van der Waals surface area contributed by atoms with Gasteiger partial charge < -0.3 is 5.32 Å². The number of benzene rings is 1. The molecule has 1 amide bonds. The van der Waals surface area contributed by atoms with E-state index >= 15 is 0 Å². The van der Waals surface area contributed by atoms with Crippen molar-refractivity contribution in [1.82, 2.24) is 10.6 Å². The van der Waals surface area contributed by atoms with Crippen LogP contribution in [0.2, 0.25) is 0 Å². The number of nitrogens with one attached hydrogen (secondary N) is 2. The molecule has 1 heterocycles. The molecule has 0 radical (unpaired) electrons. The molecule has 0 unspecified atom stereocenters. The second-order valence-corrected chi connectivity index (χ2v) is 7.74. The summed E-state index contributed by atoms with van der Waals surface area (Å²) in [6, 6.07) is 14.5. The Bertz CT molecular complexity index is 731. The largest absolute Gasteiger partial charge is 0.337 e. The molecule has 2 atom stereocenters. The summed E-state index contributed by atoms with van der Waals surface area (Å²) in [4.78, 5) is 13.5. The molecule has 4 nitrogen and oxygen atoms in total. The number of hydrogen-bond acceptors (Lipinski definition) is 4. The molecule has 25 heavy (non-hydrogen) atoms. The lowest BCUT2D eigenvalue weighted by atomic mass is 9.90. The number of rotatable bonds is 7. The van der Waals surface area contributed by atoms with Crippen molar-refractivity contribution in [3.05, 3.63) is 57.8 Å². The molecule has 0 saturated carbocycles. The van der Waals surface area contributed by atoms with Gasteiger partial charge in [0.25, 0.3) is 0 Å². The van der Waals surface area contributed by atoms with Gasteiger partial charge in [-0.3, -0.25) is 10.1 Å². The van der Waals surface area contributed by atoms with Gasteiger partial charge >= 0.3 is 0 Å². The van der Waals surface area contributed by atoms with Crippen molar-refractivity contribution < 1.29 is 4.79 Å². The molecule has 2 aromatic rings. The van der Waals surface area contributed by atoms with Gasteiger partial charge in [0, 0.05) is 4.88 Å². The fourth-order valence-corrected chi connectivity index (χ4v) is 3.25. The highest BCUT2D eigenvalue weighted by atomic mass is 32.1. The van der Waals surface area contributed by atoms with Crippen LogP contribution in [0.3, 0.4) is 0 Å². The maximum Gasteiger partial charge on any atom is 0.235 e. The number of nitriles is 1. The second kappa shape index (κ2) is 8.28.